The first-order chi connectivity index (χ1) is 6.69. The van der Waals surface area contributed by atoms with E-state index in [4.69, 9.17) is 10.8 Å². The highest BCUT2D eigenvalue weighted by Crippen LogP contribution is 2.25. The average molecular weight is 200 g/mol. The van der Waals surface area contributed by atoms with Crippen molar-refractivity contribution in [1.82, 2.24) is 5.32 Å². The van der Waals surface area contributed by atoms with Gasteiger partial charge in [-0.1, -0.05) is 19.3 Å². The smallest absolute Gasteiger partial charge is 0.240 e. The molecule has 1 aliphatic carbocycles. The zero-order valence-corrected chi connectivity index (χ0v) is 8.59. The zero-order valence-electron chi connectivity index (χ0n) is 8.59. The molecule has 4 nitrogen and oxygen atoms in total. The van der Waals surface area contributed by atoms with Gasteiger partial charge in [-0.25, -0.2) is 0 Å². The van der Waals surface area contributed by atoms with Gasteiger partial charge in [0.1, 0.15) is 0 Å². The van der Waals surface area contributed by atoms with E-state index in [0.717, 1.165) is 25.7 Å². The van der Waals surface area contributed by atoms with Gasteiger partial charge in [0.15, 0.2) is 0 Å². The number of rotatable bonds is 4. The molecule has 1 saturated carbocycles. The van der Waals surface area contributed by atoms with Crippen LogP contribution >= 0.6 is 0 Å². The van der Waals surface area contributed by atoms with E-state index >= 15 is 0 Å². The Balaban J connectivity index is 2.33. The molecule has 14 heavy (non-hydrogen) atoms. The lowest BCUT2D eigenvalue weighted by atomic mass is 9.82. The molecule has 1 amide bonds. The molecule has 0 radical (unpaired) electrons. The largest absolute Gasteiger partial charge is 0.396 e. The molecule has 0 spiro atoms. The van der Waals surface area contributed by atoms with Crippen LogP contribution in [-0.2, 0) is 4.79 Å². The molecule has 0 aliphatic heterocycles. The van der Waals surface area contributed by atoms with Crippen molar-refractivity contribution in [3.8, 4) is 0 Å². The molecular formula is C10H20N2O2. The molecule has 0 bridgehead atoms. The zero-order chi connectivity index (χ0) is 10.4. The summed E-state index contributed by atoms with van der Waals surface area (Å²) in [6, 6.07) is 0. The Bertz CT molecular complexity index is 189. The summed E-state index contributed by atoms with van der Waals surface area (Å²) in [6.45, 7) is 0.631. The van der Waals surface area contributed by atoms with E-state index in [1.165, 1.54) is 6.42 Å². The number of carbonyl (C=O) groups is 1. The maximum Gasteiger partial charge on any atom is 0.240 e. The topological polar surface area (TPSA) is 75.4 Å². The lowest BCUT2D eigenvalue weighted by Crippen LogP contribution is -2.55. The van der Waals surface area contributed by atoms with Crippen LogP contribution in [0.4, 0.5) is 0 Å². The van der Waals surface area contributed by atoms with Crippen LogP contribution in [-0.4, -0.2) is 29.7 Å². The fourth-order valence-electron chi connectivity index (χ4n) is 1.87. The highest BCUT2D eigenvalue weighted by atomic mass is 16.3. The first-order valence-electron chi connectivity index (χ1n) is 5.37. The van der Waals surface area contributed by atoms with Gasteiger partial charge in [0.2, 0.25) is 5.91 Å². The number of nitrogens with one attached hydrogen (secondary N) is 1. The van der Waals surface area contributed by atoms with Crippen molar-refractivity contribution in [2.24, 2.45) is 5.73 Å². The number of aliphatic hydroxyl groups is 1. The third kappa shape index (κ3) is 2.96. The second-order valence-electron chi connectivity index (χ2n) is 4.05. The van der Waals surface area contributed by atoms with Gasteiger partial charge in [-0.3, -0.25) is 4.79 Å². The van der Waals surface area contributed by atoms with E-state index in [1.807, 2.05) is 0 Å². The second-order valence-corrected chi connectivity index (χ2v) is 4.05. The summed E-state index contributed by atoms with van der Waals surface area (Å²) >= 11 is 0. The van der Waals surface area contributed by atoms with Crippen molar-refractivity contribution in [3.63, 3.8) is 0 Å². The molecule has 0 saturated heterocycles. The Kier molecular flexibility index (Phi) is 4.35. The molecule has 1 rings (SSSR count). The second kappa shape index (κ2) is 5.32. The van der Waals surface area contributed by atoms with Gasteiger partial charge in [0, 0.05) is 13.2 Å². The normalized spacial score (nSPS) is 20.4. The monoisotopic (exact) mass is 200 g/mol. The maximum absolute atomic E-state index is 11.7. The van der Waals surface area contributed by atoms with Crippen LogP contribution in [0, 0.1) is 0 Å². The standard InChI is InChI=1S/C10H20N2O2/c11-10(5-2-1-3-6-10)9(14)12-7-4-8-13/h13H,1-8,11H2,(H,12,14). The lowest BCUT2D eigenvalue weighted by Gasteiger charge is -2.31. The minimum Gasteiger partial charge on any atom is -0.396 e. The van der Waals surface area contributed by atoms with Crippen LogP contribution in [0.2, 0.25) is 0 Å². The summed E-state index contributed by atoms with van der Waals surface area (Å²) in [5.41, 5.74) is 5.37. The van der Waals surface area contributed by atoms with Crippen LogP contribution in [0.1, 0.15) is 38.5 Å². The first kappa shape index (κ1) is 11.5. The SMILES string of the molecule is NC1(C(=O)NCCCO)CCCCC1. The van der Waals surface area contributed by atoms with Crippen LogP contribution < -0.4 is 11.1 Å². The van der Waals surface area contributed by atoms with Crippen LogP contribution in [0.5, 0.6) is 0 Å². The van der Waals surface area contributed by atoms with E-state index in [1.54, 1.807) is 0 Å². The third-order valence-corrected chi connectivity index (χ3v) is 2.82. The molecule has 0 heterocycles. The summed E-state index contributed by atoms with van der Waals surface area (Å²) in [4.78, 5) is 11.7. The van der Waals surface area contributed by atoms with E-state index in [2.05, 4.69) is 5.32 Å². The number of nitrogens with two attached hydrogens (primary N) is 1. The minimum absolute atomic E-state index is 0.0503. The number of amides is 1. The Hall–Kier alpha value is -0.610. The lowest BCUT2D eigenvalue weighted by molar-refractivity contribution is -0.127. The quantitative estimate of drug-likeness (QED) is 0.565. The van der Waals surface area contributed by atoms with Crippen molar-refractivity contribution in [2.45, 2.75) is 44.1 Å². The summed E-state index contributed by atoms with van der Waals surface area (Å²) in [6.07, 6.45) is 5.45. The minimum atomic E-state index is -0.645. The van der Waals surface area contributed by atoms with Crippen LogP contribution in [0.3, 0.4) is 0 Å². The molecule has 82 valence electrons. The Morgan fingerprint density at radius 1 is 1.36 bits per heavy atom. The summed E-state index contributed by atoms with van der Waals surface area (Å²) in [7, 11) is 0. The van der Waals surface area contributed by atoms with Gasteiger partial charge < -0.3 is 16.2 Å². The van der Waals surface area contributed by atoms with Gasteiger partial charge >= 0.3 is 0 Å². The molecule has 0 aromatic carbocycles. The maximum atomic E-state index is 11.7. The van der Waals surface area contributed by atoms with Gasteiger partial charge in [0.25, 0.3) is 0 Å². The summed E-state index contributed by atoms with van der Waals surface area (Å²) < 4.78 is 0. The van der Waals surface area contributed by atoms with Crippen LogP contribution in [0.15, 0.2) is 0 Å². The molecular weight excluding hydrogens is 180 g/mol. The van der Waals surface area contributed by atoms with Gasteiger partial charge in [-0.2, -0.15) is 0 Å². The molecule has 4 heteroatoms. The van der Waals surface area contributed by atoms with Gasteiger partial charge in [-0.15, -0.1) is 0 Å². The Morgan fingerprint density at radius 2 is 2.00 bits per heavy atom. The number of hydrogen-bond donors (Lipinski definition) is 3. The van der Waals surface area contributed by atoms with E-state index in [9.17, 15) is 4.79 Å². The Labute approximate surface area is 84.9 Å². The number of hydrogen-bond acceptors (Lipinski definition) is 3. The number of aliphatic hydroxyl groups excluding tert-OH is 1. The van der Waals surface area contributed by atoms with E-state index in [-0.39, 0.29) is 12.5 Å². The number of carbonyl (C=O) groups excluding carboxylic acids is 1. The van der Waals surface area contributed by atoms with Crippen molar-refractivity contribution in [1.29, 1.82) is 0 Å². The van der Waals surface area contributed by atoms with Crippen molar-refractivity contribution >= 4 is 5.91 Å². The fourth-order valence-corrected chi connectivity index (χ4v) is 1.87. The predicted molar refractivity (Wildman–Crippen MR) is 54.7 cm³/mol. The molecule has 0 unspecified atom stereocenters. The highest BCUT2D eigenvalue weighted by Gasteiger charge is 2.34. The molecule has 0 aromatic heterocycles. The molecule has 4 N–H and O–H groups in total. The van der Waals surface area contributed by atoms with Gasteiger partial charge in [-0.05, 0) is 19.3 Å². The molecule has 0 atom stereocenters. The van der Waals surface area contributed by atoms with Gasteiger partial charge in [0.05, 0.1) is 5.54 Å². The molecule has 1 aliphatic rings. The van der Waals surface area contributed by atoms with E-state index in [0.29, 0.717) is 13.0 Å². The Morgan fingerprint density at radius 3 is 2.57 bits per heavy atom. The van der Waals surface area contributed by atoms with Crippen molar-refractivity contribution < 1.29 is 9.90 Å². The van der Waals surface area contributed by atoms with Crippen molar-refractivity contribution in [3.05, 3.63) is 0 Å². The first-order valence-corrected chi connectivity index (χ1v) is 5.37. The predicted octanol–water partition coefficient (Wildman–Crippen LogP) is 0.147. The summed E-state index contributed by atoms with van der Waals surface area (Å²) in [5.74, 6) is -0.0503. The summed E-state index contributed by atoms with van der Waals surface area (Å²) in [5, 5.41) is 11.3. The third-order valence-electron chi connectivity index (χ3n) is 2.82. The van der Waals surface area contributed by atoms with E-state index < -0.39 is 5.54 Å². The highest BCUT2D eigenvalue weighted by molar-refractivity contribution is 5.86. The average Bonchev–Trinajstić information content (AvgIpc) is 2.19. The molecule has 0 aromatic rings. The molecule has 1 fully saturated rings. The van der Waals surface area contributed by atoms with Crippen LogP contribution in [0.25, 0.3) is 0 Å². The fraction of sp³-hybridized carbons (Fsp3) is 0.900. The van der Waals surface area contributed by atoms with Crippen molar-refractivity contribution in [2.75, 3.05) is 13.2 Å².